The molecule has 17 heavy (non-hydrogen) atoms. The third-order valence-corrected chi connectivity index (χ3v) is 2.87. The van der Waals surface area contributed by atoms with Crippen LogP contribution in [0.2, 0.25) is 0 Å². The molecule has 1 aliphatic rings. The number of rotatable bonds is 3. The summed E-state index contributed by atoms with van der Waals surface area (Å²) in [6.45, 7) is 6.36. The van der Waals surface area contributed by atoms with Crippen LogP contribution in [-0.2, 0) is 9.53 Å². The first kappa shape index (κ1) is 14.0. The molecular formula is C13H23NO3. The number of amides is 1. The van der Waals surface area contributed by atoms with Gasteiger partial charge < -0.3 is 14.4 Å². The molecule has 1 fully saturated rings. The smallest absolute Gasteiger partial charge is 0.410 e. The second-order valence-electron chi connectivity index (χ2n) is 5.57. The molecule has 4 nitrogen and oxygen atoms in total. The topological polar surface area (TPSA) is 46.6 Å². The maximum absolute atomic E-state index is 12.0. The van der Waals surface area contributed by atoms with E-state index < -0.39 is 5.60 Å². The van der Waals surface area contributed by atoms with Crippen LogP contribution in [0.1, 0.15) is 52.9 Å². The van der Waals surface area contributed by atoms with Gasteiger partial charge in [-0.25, -0.2) is 4.79 Å². The molecule has 1 amide bonds. The van der Waals surface area contributed by atoms with E-state index in [9.17, 15) is 9.59 Å². The fraction of sp³-hybridized carbons (Fsp3) is 0.846. The van der Waals surface area contributed by atoms with E-state index in [0.29, 0.717) is 6.42 Å². The summed E-state index contributed by atoms with van der Waals surface area (Å²) >= 11 is 0. The molecule has 1 rings (SSSR count). The van der Waals surface area contributed by atoms with E-state index in [4.69, 9.17) is 4.74 Å². The van der Waals surface area contributed by atoms with E-state index in [1.54, 1.807) is 4.90 Å². The zero-order chi connectivity index (χ0) is 12.9. The Labute approximate surface area is 103 Å². The lowest BCUT2D eigenvalue weighted by molar-refractivity contribution is -0.108. The first-order valence-electron chi connectivity index (χ1n) is 6.37. The highest BCUT2D eigenvalue weighted by molar-refractivity contribution is 5.68. The van der Waals surface area contributed by atoms with Crippen molar-refractivity contribution in [1.82, 2.24) is 4.90 Å². The second-order valence-corrected chi connectivity index (χ2v) is 5.57. The number of nitrogens with zero attached hydrogens (tertiary/aromatic N) is 1. The summed E-state index contributed by atoms with van der Waals surface area (Å²) < 4.78 is 5.39. The van der Waals surface area contributed by atoms with Gasteiger partial charge in [0.15, 0.2) is 0 Å². The summed E-state index contributed by atoms with van der Waals surface area (Å²) in [4.78, 5) is 24.2. The number of ether oxygens (including phenoxy) is 1. The van der Waals surface area contributed by atoms with Crippen LogP contribution in [0.3, 0.4) is 0 Å². The van der Waals surface area contributed by atoms with Gasteiger partial charge >= 0.3 is 6.09 Å². The van der Waals surface area contributed by atoms with Crippen LogP contribution in [0.5, 0.6) is 0 Å². The minimum absolute atomic E-state index is 0.170. The molecule has 1 aliphatic heterocycles. The molecule has 0 aliphatic carbocycles. The van der Waals surface area contributed by atoms with Crippen LogP contribution in [0, 0.1) is 0 Å². The highest BCUT2D eigenvalue weighted by Gasteiger charge is 2.29. The van der Waals surface area contributed by atoms with Crippen LogP contribution in [-0.4, -0.2) is 35.5 Å². The van der Waals surface area contributed by atoms with Crippen molar-refractivity contribution in [3.8, 4) is 0 Å². The summed E-state index contributed by atoms with van der Waals surface area (Å²) in [5.74, 6) is 0. The number of piperidine rings is 1. The molecule has 1 unspecified atom stereocenters. The predicted octanol–water partition coefficient (Wildman–Crippen LogP) is 2.76. The number of aldehydes is 1. The molecule has 98 valence electrons. The van der Waals surface area contributed by atoms with E-state index in [-0.39, 0.29) is 12.1 Å². The predicted molar refractivity (Wildman–Crippen MR) is 65.9 cm³/mol. The Morgan fingerprint density at radius 2 is 2.12 bits per heavy atom. The molecule has 0 aromatic rings. The van der Waals surface area contributed by atoms with Crippen LogP contribution in [0.15, 0.2) is 0 Å². The van der Waals surface area contributed by atoms with Crippen LogP contribution < -0.4 is 0 Å². The molecule has 0 aromatic carbocycles. The fourth-order valence-electron chi connectivity index (χ4n) is 2.12. The number of likely N-dealkylation sites (tertiary alicyclic amines) is 1. The lowest BCUT2D eigenvalue weighted by Gasteiger charge is -2.36. The highest BCUT2D eigenvalue weighted by Crippen LogP contribution is 2.22. The van der Waals surface area contributed by atoms with Gasteiger partial charge in [0.1, 0.15) is 11.9 Å². The Balaban J connectivity index is 2.57. The van der Waals surface area contributed by atoms with Crippen molar-refractivity contribution in [2.24, 2.45) is 0 Å². The molecule has 0 saturated carbocycles. The highest BCUT2D eigenvalue weighted by atomic mass is 16.6. The van der Waals surface area contributed by atoms with Gasteiger partial charge in [0.05, 0.1) is 0 Å². The first-order chi connectivity index (χ1) is 7.94. The molecule has 0 N–H and O–H groups in total. The third kappa shape index (κ3) is 4.75. The minimum atomic E-state index is -0.455. The Morgan fingerprint density at radius 1 is 1.41 bits per heavy atom. The average Bonchev–Trinajstić information content (AvgIpc) is 2.24. The lowest BCUT2D eigenvalue weighted by Crippen LogP contribution is -2.46. The lowest BCUT2D eigenvalue weighted by atomic mass is 9.99. The van der Waals surface area contributed by atoms with Gasteiger partial charge in [-0.05, 0) is 46.5 Å². The molecule has 0 aromatic heterocycles. The summed E-state index contributed by atoms with van der Waals surface area (Å²) in [6, 6.07) is 0.170. The van der Waals surface area contributed by atoms with Crippen molar-refractivity contribution in [3.63, 3.8) is 0 Å². The molecule has 1 atom stereocenters. The van der Waals surface area contributed by atoms with Crippen molar-refractivity contribution in [3.05, 3.63) is 0 Å². The molecule has 1 saturated heterocycles. The van der Waals surface area contributed by atoms with Crippen molar-refractivity contribution in [1.29, 1.82) is 0 Å². The molecule has 0 spiro atoms. The second kappa shape index (κ2) is 6.03. The van der Waals surface area contributed by atoms with E-state index in [1.807, 2.05) is 20.8 Å². The average molecular weight is 241 g/mol. The zero-order valence-electron chi connectivity index (χ0n) is 11.1. The Morgan fingerprint density at radius 3 is 2.71 bits per heavy atom. The molecule has 4 heteroatoms. The molecule has 0 radical (unpaired) electrons. The van der Waals surface area contributed by atoms with E-state index in [0.717, 1.165) is 38.5 Å². The van der Waals surface area contributed by atoms with Gasteiger partial charge in [0, 0.05) is 19.0 Å². The zero-order valence-corrected chi connectivity index (χ0v) is 11.1. The molecular weight excluding hydrogens is 218 g/mol. The number of hydrogen-bond acceptors (Lipinski definition) is 3. The van der Waals surface area contributed by atoms with Crippen molar-refractivity contribution < 1.29 is 14.3 Å². The van der Waals surface area contributed by atoms with E-state index in [1.165, 1.54) is 0 Å². The minimum Gasteiger partial charge on any atom is -0.444 e. The van der Waals surface area contributed by atoms with Gasteiger partial charge in [-0.2, -0.15) is 0 Å². The Hall–Kier alpha value is -1.06. The van der Waals surface area contributed by atoms with Crippen molar-refractivity contribution in [2.45, 2.75) is 64.5 Å². The van der Waals surface area contributed by atoms with Crippen LogP contribution in [0.25, 0.3) is 0 Å². The molecule has 0 bridgehead atoms. The van der Waals surface area contributed by atoms with E-state index in [2.05, 4.69) is 0 Å². The SMILES string of the molecule is CC(C)(C)OC(=O)N1CCCCC1CCC=O. The maximum Gasteiger partial charge on any atom is 0.410 e. The normalized spacial score (nSPS) is 21.1. The largest absolute Gasteiger partial charge is 0.444 e. The Bertz CT molecular complexity index is 270. The van der Waals surface area contributed by atoms with Crippen molar-refractivity contribution >= 4 is 12.4 Å². The van der Waals surface area contributed by atoms with Crippen molar-refractivity contribution in [2.75, 3.05) is 6.54 Å². The molecule has 1 heterocycles. The summed E-state index contributed by atoms with van der Waals surface area (Å²) in [5, 5.41) is 0. The van der Waals surface area contributed by atoms with Gasteiger partial charge in [-0.1, -0.05) is 0 Å². The van der Waals surface area contributed by atoms with Gasteiger partial charge in [0.2, 0.25) is 0 Å². The summed E-state index contributed by atoms with van der Waals surface area (Å²) in [6.07, 6.45) is 5.08. The van der Waals surface area contributed by atoms with E-state index >= 15 is 0 Å². The quantitative estimate of drug-likeness (QED) is 0.714. The number of hydrogen-bond donors (Lipinski definition) is 0. The standard InChI is InChI=1S/C13H23NO3/c1-13(2,3)17-12(16)14-9-5-4-7-11(14)8-6-10-15/h10-11H,4-9H2,1-3H3. The van der Waals surface area contributed by atoms with Crippen LogP contribution in [0.4, 0.5) is 4.79 Å². The summed E-state index contributed by atoms with van der Waals surface area (Å²) in [5.41, 5.74) is -0.455. The van der Waals surface area contributed by atoms with Crippen LogP contribution >= 0.6 is 0 Å². The number of carbonyl (C=O) groups is 2. The first-order valence-corrected chi connectivity index (χ1v) is 6.37. The van der Waals surface area contributed by atoms with Gasteiger partial charge in [-0.15, -0.1) is 0 Å². The summed E-state index contributed by atoms with van der Waals surface area (Å²) in [7, 11) is 0. The Kier molecular flexibility index (Phi) is 4.97. The fourth-order valence-corrected chi connectivity index (χ4v) is 2.12. The van der Waals surface area contributed by atoms with Gasteiger partial charge in [-0.3, -0.25) is 0 Å². The maximum atomic E-state index is 12.0. The third-order valence-electron chi connectivity index (χ3n) is 2.87. The van der Waals surface area contributed by atoms with Gasteiger partial charge in [0.25, 0.3) is 0 Å². The monoisotopic (exact) mass is 241 g/mol. The number of carbonyl (C=O) groups excluding carboxylic acids is 2.